The zero-order valence-electron chi connectivity index (χ0n) is 9.05. The molecule has 1 aromatic rings. The summed E-state index contributed by atoms with van der Waals surface area (Å²) in [5, 5.41) is 5.61. The molecule has 78 valence electrons. The molecular formula is C12H19NS. The van der Waals surface area contributed by atoms with Crippen LogP contribution in [0, 0.1) is 0 Å². The molecule has 1 N–H and O–H groups in total. The predicted octanol–water partition coefficient (Wildman–Crippen LogP) is 3.23. The average Bonchev–Trinajstić information content (AvgIpc) is 2.66. The predicted molar refractivity (Wildman–Crippen MR) is 64.9 cm³/mol. The zero-order valence-corrected chi connectivity index (χ0v) is 9.86. The van der Waals surface area contributed by atoms with Crippen molar-refractivity contribution in [2.75, 3.05) is 6.54 Å². The number of rotatable bonds is 6. The van der Waals surface area contributed by atoms with Crippen LogP contribution in [0.15, 0.2) is 29.7 Å². The molecule has 0 amide bonds. The first-order chi connectivity index (χ1) is 6.72. The van der Waals surface area contributed by atoms with Gasteiger partial charge in [0.05, 0.1) is 0 Å². The minimum absolute atomic E-state index is 0.539. The lowest BCUT2D eigenvalue weighted by atomic mass is 10.2. The lowest BCUT2D eigenvalue weighted by Gasteiger charge is -2.13. The molecule has 0 aromatic carbocycles. The SMILES string of the molecule is C=C(CC)CNC(C)Cc1cccs1. The van der Waals surface area contributed by atoms with Gasteiger partial charge in [-0.15, -0.1) is 11.3 Å². The quantitative estimate of drug-likeness (QED) is 0.709. The van der Waals surface area contributed by atoms with E-state index in [1.54, 1.807) is 0 Å². The second-order valence-corrected chi connectivity index (χ2v) is 4.70. The highest BCUT2D eigenvalue weighted by Crippen LogP contribution is 2.10. The molecule has 1 atom stereocenters. The Hall–Kier alpha value is -0.600. The topological polar surface area (TPSA) is 12.0 Å². The van der Waals surface area contributed by atoms with E-state index in [1.807, 2.05) is 11.3 Å². The third-order valence-electron chi connectivity index (χ3n) is 2.29. The summed E-state index contributed by atoms with van der Waals surface area (Å²) in [4.78, 5) is 1.45. The van der Waals surface area contributed by atoms with E-state index in [0.717, 1.165) is 19.4 Å². The summed E-state index contributed by atoms with van der Waals surface area (Å²) in [6.07, 6.45) is 2.19. The monoisotopic (exact) mass is 209 g/mol. The van der Waals surface area contributed by atoms with Crippen LogP contribution < -0.4 is 5.32 Å². The average molecular weight is 209 g/mol. The lowest BCUT2D eigenvalue weighted by Crippen LogP contribution is -2.29. The van der Waals surface area contributed by atoms with Crippen molar-refractivity contribution in [1.29, 1.82) is 0 Å². The fourth-order valence-electron chi connectivity index (χ4n) is 1.25. The van der Waals surface area contributed by atoms with Gasteiger partial charge in [0.2, 0.25) is 0 Å². The van der Waals surface area contributed by atoms with Crippen molar-refractivity contribution >= 4 is 11.3 Å². The number of hydrogen-bond acceptors (Lipinski definition) is 2. The molecule has 0 aliphatic heterocycles. The van der Waals surface area contributed by atoms with E-state index < -0.39 is 0 Å². The molecule has 1 heterocycles. The molecule has 0 saturated carbocycles. The highest BCUT2D eigenvalue weighted by Gasteiger charge is 2.03. The van der Waals surface area contributed by atoms with Gasteiger partial charge >= 0.3 is 0 Å². The van der Waals surface area contributed by atoms with Crippen LogP contribution in [0.4, 0.5) is 0 Å². The maximum Gasteiger partial charge on any atom is 0.0164 e. The van der Waals surface area contributed by atoms with Crippen molar-refractivity contribution in [3.8, 4) is 0 Å². The van der Waals surface area contributed by atoms with Crippen LogP contribution in [0.1, 0.15) is 25.1 Å². The van der Waals surface area contributed by atoms with Gasteiger partial charge in [0.25, 0.3) is 0 Å². The van der Waals surface area contributed by atoms with Crippen molar-refractivity contribution in [3.05, 3.63) is 34.5 Å². The summed E-state index contributed by atoms with van der Waals surface area (Å²) in [7, 11) is 0. The minimum atomic E-state index is 0.539. The van der Waals surface area contributed by atoms with Gasteiger partial charge in [-0.25, -0.2) is 0 Å². The van der Waals surface area contributed by atoms with Gasteiger partial charge in [-0.2, -0.15) is 0 Å². The van der Waals surface area contributed by atoms with Gasteiger partial charge in [-0.05, 0) is 31.2 Å². The fraction of sp³-hybridized carbons (Fsp3) is 0.500. The Labute approximate surface area is 90.9 Å². The van der Waals surface area contributed by atoms with Crippen LogP contribution in [0.25, 0.3) is 0 Å². The normalized spacial score (nSPS) is 12.7. The Bertz CT molecular complexity index is 264. The Morgan fingerprint density at radius 2 is 2.43 bits per heavy atom. The molecule has 2 heteroatoms. The number of hydrogen-bond donors (Lipinski definition) is 1. The summed E-state index contributed by atoms with van der Waals surface area (Å²) in [5.41, 5.74) is 1.28. The molecule has 1 aromatic heterocycles. The zero-order chi connectivity index (χ0) is 10.4. The molecule has 1 rings (SSSR count). The lowest BCUT2D eigenvalue weighted by molar-refractivity contribution is 0.572. The van der Waals surface area contributed by atoms with Crippen molar-refractivity contribution in [2.24, 2.45) is 0 Å². The summed E-state index contributed by atoms with van der Waals surface area (Å²) >= 11 is 1.83. The van der Waals surface area contributed by atoms with Crippen LogP contribution in [0.2, 0.25) is 0 Å². The minimum Gasteiger partial charge on any atom is -0.310 e. The van der Waals surface area contributed by atoms with Gasteiger partial charge in [-0.1, -0.05) is 25.1 Å². The van der Waals surface area contributed by atoms with Crippen molar-refractivity contribution in [3.63, 3.8) is 0 Å². The Kier molecular flexibility index (Phi) is 4.91. The van der Waals surface area contributed by atoms with E-state index >= 15 is 0 Å². The molecule has 0 spiro atoms. The first-order valence-corrected chi connectivity index (χ1v) is 6.02. The van der Waals surface area contributed by atoms with Crippen LogP contribution in [0.3, 0.4) is 0 Å². The first kappa shape index (κ1) is 11.5. The third-order valence-corrected chi connectivity index (χ3v) is 3.19. The van der Waals surface area contributed by atoms with E-state index in [4.69, 9.17) is 0 Å². The molecule has 1 nitrogen and oxygen atoms in total. The van der Waals surface area contributed by atoms with Crippen molar-refractivity contribution < 1.29 is 0 Å². The highest BCUT2D eigenvalue weighted by atomic mass is 32.1. The van der Waals surface area contributed by atoms with Gasteiger partial charge in [0.15, 0.2) is 0 Å². The maximum absolute atomic E-state index is 3.98. The second kappa shape index (κ2) is 5.99. The largest absolute Gasteiger partial charge is 0.310 e. The highest BCUT2D eigenvalue weighted by molar-refractivity contribution is 7.09. The molecule has 0 radical (unpaired) electrons. The molecule has 0 fully saturated rings. The Morgan fingerprint density at radius 1 is 1.64 bits per heavy atom. The molecular weight excluding hydrogens is 190 g/mol. The van der Waals surface area contributed by atoms with E-state index in [-0.39, 0.29) is 0 Å². The third kappa shape index (κ3) is 4.07. The summed E-state index contributed by atoms with van der Waals surface area (Å²) in [6.45, 7) is 9.30. The van der Waals surface area contributed by atoms with E-state index in [1.165, 1.54) is 10.5 Å². The molecule has 0 bridgehead atoms. The summed E-state index contributed by atoms with van der Waals surface area (Å²) < 4.78 is 0. The summed E-state index contributed by atoms with van der Waals surface area (Å²) in [5.74, 6) is 0. The summed E-state index contributed by atoms with van der Waals surface area (Å²) in [6, 6.07) is 4.84. The molecule has 0 saturated heterocycles. The molecule has 14 heavy (non-hydrogen) atoms. The maximum atomic E-state index is 3.98. The van der Waals surface area contributed by atoms with E-state index in [2.05, 4.69) is 43.3 Å². The second-order valence-electron chi connectivity index (χ2n) is 3.67. The van der Waals surface area contributed by atoms with E-state index in [0.29, 0.717) is 6.04 Å². The van der Waals surface area contributed by atoms with Crippen LogP contribution in [-0.2, 0) is 6.42 Å². The van der Waals surface area contributed by atoms with Crippen molar-refractivity contribution in [2.45, 2.75) is 32.7 Å². The molecule has 0 aliphatic carbocycles. The van der Waals surface area contributed by atoms with Crippen molar-refractivity contribution in [1.82, 2.24) is 5.32 Å². The van der Waals surface area contributed by atoms with Crippen LogP contribution in [-0.4, -0.2) is 12.6 Å². The van der Waals surface area contributed by atoms with Crippen LogP contribution in [0.5, 0.6) is 0 Å². The number of thiophene rings is 1. The first-order valence-electron chi connectivity index (χ1n) is 5.14. The fourth-order valence-corrected chi connectivity index (χ4v) is 2.08. The molecule has 0 aliphatic rings. The van der Waals surface area contributed by atoms with Crippen LogP contribution >= 0.6 is 11.3 Å². The van der Waals surface area contributed by atoms with E-state index in [9.17, 15) is 0 Å². The van der Waals surface area contributed by atoms with Gasteiger partial charge in [-0.3, -0.25) is 0 Å². The van der Waals surface area contributed by atoms with Gasteiger partial charge in [0, 0.05) is 17.5 Å². The van der Waals surface area contributed by atoms with Gasteiger partial charge in [0.1, 0.15) is 0 Å². The number of nitrogens with one attached hydrogen (secondary N) is 1. The Morgan fingerprint density at radius 3 is 3.00 bits per heavy atom. The Balaban J connectivity index is 2.22. The van der Waals surface area contributed by atoms with Gasteiger partial charge < -0.3 is 5.32 Å². The molecule has 1 unspecified atom stereocenters. The smallest absolute Gasteiger partial charge is 0.0164 e. The standard InChI is InChI=1S/C12H19NS/c1-4-10(2)9-13-11(3)8-12-6-5-7-14-12/h5-7,11,13H,2,4,8-9H2,1,3H3.